The fourth-order valence-electron chi connectivity index (χ4n) is 2.88. The Bertz CT molecular complexity index is 499. The van der Waals surface area contributed by atoms with Crippen LogP contribution in [0.5, 0.6) is 5.75 Å². The molecule has 1 fully saturated rings. The van der Waals surface area contributed by atoms with Crippen molar-refractivity contribution in [1.82, 2.24) is 15.1 Å². The lowest BCUT2D eigenvalue weighted by molar-refractivity contribution is -0.123. The summed E-state index contributed by atoms with van der Waals surface area (Å²) in [5.41, 5.74) is -0.163. The van der Waals surface area contributed by atoms with Gasteiger partial charge in [-0.1, -0.05) is 18.2 Å². The van der Waals surface area contributed by atoms with E-state index in [2.05, 4.69) is 15.1 Å². The zero-order valence-electron chi connectivity index (χ0n) is 15.3. The Hall–Kier alpha value is -1.59. The average molecular weight is 333 g/mol. The Morgan fingerprint density at radius 3 is 2.46 bits per heavy atom. The molecule has 0 unspecified atom stereocenters. The van der Waals surface area contributed by atoms with Gasteiger partial charge in [0, 0.05) is 25.2 Å². The summed E-state index contributed by atoms with van der Waals surface area (Å²) in [5.74, 6) is 1.04. The maximum absolute atomic E-state index is 12.1. The van der Waals surface area contributed by atoms with Crippen LogP contribution < -0.4 is 10.1 Å². The van der Waals surface area contributed by atoms with Crippen LogP contribution >= 0.6 is 0 Å². The highest BCUT2D eigenvalue weighted by molar-refractivity contribution is 5.78. The van der Waals surface area contributed by atoms with Gasteiger partial charge in [-0.25, -0.2) is 0 Å². The third kappa shape index (κ3) is 7.32. The summed E-state index contributed by atoms with van der Waals surface area (Å²) in [6, 6.07) is 9.94. The number of carbonyl (C=O) groups excluding carboxylic acids is 1. The van der Waals surface area contributed by atoms with Crippen molar-refractivity contribution in [1.29, 1.82) is 0 Å². The van der Waals surface area contributed by atoms with Crippen LogP contribution in [0.2, 0.25) is 0 Å². The number of para-hydroxylation sites is 1. The lowest BCUT2D eigenvalue weighted by Gasteiger charge is -2.25. The third-order valence-corrected chi connectivity index (χ3v) is 3.98. The van der Waals surface area contributed by atoms with Crippen molar-refractivity contribution in [2.24, 2.45) is 0 Å². The summed E-state index contributed by atoms with van der Waals surface area (Å²) < 4.78 is 5.78. The third-order valence-electron chi connectivity index (χ3n) is 3.98. The molecule has 0 bridgehead atoms. The molecular formula is C19H31N3O2. The highest BCUT2D eigenvalue weighted by atomic mass is 16.5. The second kappa shape index (κ2) is 9.04. The Morgan fingerprint density at radius 1 is 1.08 bits per heavy atom. The second-order valence-corrected chi connectivity index (χ2v) is 7.43. The minimum absolute atomic E-state index is 0.114. The molecule has 0 saturated carbocycles. The predicted octanol–water partition coefficient (Wildman–Crippen LogP) is 1.99. The number of rotatable bonds is 6. The van der Waals surface area contributed by atoms with Gasteiger partial charge in [0.15, 0.2) is 0 Å². The van der Waals surface area contributed by atoms with E-state index in [1.807, 2.05) is 51.1 Å². The molecule has 1 aliphatic heterocycles. The second-order valence-electron chi connectivity index (χ2n) is 7.43. The van der Waals surface area contributed by atoms with Gasteiger partial charge in [-0.2, -0.15) is 0 Å². The summed E-state index contributed by atoms with van der Waals surface area (Å²) in [7, 11) is 0. The first kappa shape index (κ1) is 18.7. The zero-order chi connectivity index (χ0) is 17.4. The number of hydrogen-bond donors (Lipinski definition) is 1. The van der Waals surface area contributed by atoms with Gasteiger partial charge in [0.05, 0.1) is 6.54 Å². The zero-order valence-corrected chi connectivity index (χ0v) is 15.3. The summed E-state index contributed by atoms with van der Waals surface area (Å²) in [5, 5.41) is 3.04. The lowest BCUT2D eigenvalue weighted by atomic mass is 10.1. The highest BCUT2D eigenvalue weighted by Gasteiger charge is 2.19. The molecule has 1 aromatic rings. The van der Waals surface area contributed by atoms with E-state index in [0.29, 0.717) is 13.2 Å². The predicted molar refractivity (Wildman–Crippen MR) is 97.3 cm³/mol. The molecule has 0 atom stereocenters. The van der Waals surface area contributed by atoms with Crippen LogP contribution in [0.15, 0.2) is 30.3 Å². The van der Waals surface area contributed by atoms with Crippen LogP contribution in [0.1, 0.15) is 27.2 Å². The molecule has 1 amide bonds. The molecule has 134 valence electrons. The first-order valence-corrected chi connectivity index (χ1v) is 8.86. The van der Waals surface area contributed by atoms with Crippen molar-refractivity contribution >= 4 is 5.91 Å². The number of hydrogen-bond acceptors (Lipinski definition) is 4. The lowest BCUT2D eigenvalue weighted by Crippen LogP contribution is -2.46. The summed E-state index contributed by atoms with van der Waals surface area (Å²) >= 11 is 0. The van der Waals surface area contributed by atoms with Crippen LogP contribution in [-0.2, 0) is 4.79 Å². The fraction of sp³-hybridized carbons (Fsp3) is 0.632. The molecular weight excluding hydrogens is 302 g/mol. The molecule has 1 aromatic carbocycles. The number of carbonyl (C=O) groups is 1. The standard InChI is InChI=1S/C19H31N3O2/c1-19(2,3)20-18(23)16-22-11-7-10-21(12-13-22)14-15-24-17-8-5-4-6-9-17/h4-6,8-9H,7,10-16H2,1-3H3,(H,20,23). The Balaban J connectivity index is 1.67. The molecule has 24 heavy (non-hydrogen) atoms. The van der Waals surface area contributed by atoms with Crippen molar-refractivity contribution in [3.05, 3.63) is 30.3 Å². The molecule has 0 spiro atoms. The van der Waals surface area contributed by atoms with E-state index < -0.39 is 0 Å². The van der Waals surface area contributed by atoms with Gasteiger partial charge >= 0.3 is 0 Å². The number of amides is 1. The number of nitrogens with zero attached hydrogens (tertiary/aromatic N) is 2. The van der Waals surface area contributed by atoms with E-state index in [1.165, 1.54) is 0 Å². The molecule has 5 nitrogen and oxygen atoms in total. The van der Waals surface area contributed by atoms with E-state index in [9.17, 15) is 4.79 Å². The maximum Gasteiger partial charge on any atom is 0.234 e. The molecule has 1 saturated heterocycles. The smallest absolute Gasteiger partial charge is 0.234 e. The summed E-state index contributed by atoms with van der Waals surface area (Å²) in [6.07, 6.45) is 1.09. The van der Waals surface area contributed by atoms with Crippen molar-refractivity contribution < 1.29 is 9.53 Å². The summed E-state index contributed by atoms with van der Waals surface area (Å²) in [4.78, 5) is 16.7. The van der Waals surface area contributed by atoms with Gasteiger partial charge in [-0.3, -0.25) is 14.6 Å². The van der Waals surface area contributed by atoms with Crippen molar-refractivity contribution in [3.63, 3.8) is 0 Å². The van der Waals surface area contributed by atoms with E-state index >= 15 is 0 Å². The molecule has 0 aromatic heterocycles. The van der Waals surface area contributed by atoms with Crippen LogP contribution in [0.4, 0.5) is 0 Å². The van der Waals surface area contributed by atoms with E-state index in [1.54, 1.807) is 0 Å². The molecule has 1 N–H and O–H groups in total. The molecule has 1 aliphatic rings. The highest BCUT2D eigenvalue weighted by Crippen LogP contribution is 2.09. The molecule has 1 heterocycles. The van der Waals surface area contributed by atoms with Crippen LogP contribution in [-0.4, -0.2) is 67.1 Å². The molecule has 0 aliphatic carbocycles. The summed E-state index contributed by atoms with van der Waals surface area (Å²) in [6.45, 7) is 12.1. The first-order valence-electron chi connectivity index (χ1n) is 8.86. The largest absolute Gasteiger partial charge is 0.492 e. The van der Waals surface area contributed by atoms with Gasteiger partial charge in [-0.15, -0.1) is 0 Å². The minimum atomic E-state index is -0.163. The molecule has 2 rings (SSSR count). The topological polar surface area (TPSA) is 44.8 Å². The van der Waals surface area contributed by atoms with Gasteiger partial charge in [-0.05, 0) is 52.4 Å². The first-order chi connectivity index (χ1) is 11.4. The Morgan fingerprint density at radius 2 is 1.75 bits per heavy atom. The fourth-order valence-corrected chi connectivity index (χ4v) is 2.88. The van der Waals surface area contributed by atoms with E-state index in [4.69, 9.17) is 4.74 Å². The number of benzene rings is 1. The average Bonchev–Trinajstić information content (AvgIpc) is 2.72. The normalized spacial score (nSPS) is 17.3. The minimum Gasteiger partial charge on any atom is -0.492 e. The Labute approximate surface area is 146 Å². The van der Waals surface area contributed by atoms with Crippen LogP contribution in [0.25, 0.3) is 0 Å². The van der Waals surface area contributed by atoms with Gasteiger partial charge < -0.3 is 10.1 Å². The number of ether oxygens (including phenoxy) is 1. The van der Waals surface area contributed by atoms with Crippen molar-refractivity contribution in [3.8, 4) is 5.75 Å². The van der Waals surface area contributed by atoms with Crippen molar-refractivity contribution in [2.45, 2.75) is 32.7 Å². The maximum atomic E-state index is 12.1. The van der Waals surface area contributed by atoms with Crippen LogP contribution in [0.3, 0.4) is 0 Å². The van der Waals surface area contributed by atoms with E-state index in [0.717, 1.165) is 44.9 Å². The van der Waals surface area contributed by atoms with E-state index in [-0.39, 0.29) is 11.4 Å². The molecule has 0 radical (unpaired) electrons. The van der Waals surface area contributed by atoms with Crippen LogP contribution in [0, 0.1) is 0 Å². The van der Waals surface area contributed by atoms with Gasteiger partial charge in [0.25, 0.3) is 0 Å². The van der Waals surface area contributed by atoms with Gasteiger partial charge in [0.1, 0.15) is 12.4 Å². The quantitative estimate of drug-likeness (QED) is 0.865. The SMILES string of the molecule is CC(C)(C)NC(=O)CN1CCCN(CCOc2ccccc2)CC1. The van der Waals surface area contributed by atoms with Crippen molar-refractivity contribution in [2.75, 3.05) is 45.9 Å². The monoisotopic (exact) mass is 333 g/mol. The molecule has 5 heteroatoms. The number of nitrogens with one attached hydrogen (secondary N) is 1. The van der Waals surface area contributed by atoms with Gasteiger partial charge in [0.2, 0.25) is 5.91 Å². The Kier molecular flexibility index (Phi) is 7.06.